The molecule has 0 aliphatic heterocycles. The van der Waals surface area contributed by atoms with Crippen LogP contribution in [-0.4, -0.2) is 85.8 Å². The number of carbonyl (C=O) groups excluding carboxylic acids is 4. The Morgan fingerprint density at radius 3 is 1.38 bits per heavy atom. The molecule has 0 radical (unpaired) electrons. The molecule has 13 fully saturated rings. The molecular weight excluding hydrogens is 993 g/mol. The van der Waals surface area contributed by atoms with Gasteiger partial charge in [-0.05, 0) is 183 Å². The van der Waals surface area contributed by atoms with Crippen molar-refractivity contribution in [3.05, 3.63) is 23.8 Å². The third kappa shape index (κ3) is 15.0. The molecule has 15 rings (SSSR count). The molecule has 0 aromatic heterocycles. The first-order valence-electron chi connectivity index (χ1n) is 29.1. The lowest BCUT2D eigenvalue weighted by Gasteiger charge is -2.61. The summed E-state index contributed by atoms with van der Waals surface area (Å²) in [6.07, 6.45) is 16.0. The van der Waals surface area contributed by atoms with Crippen molar-refractivity contribution in [3.63, 3.8) is 0 Å². The zero-order valence-corrected chi connectivity index (χ0v) is 48.6. The number of fused-ring (bicyclic) bond motifs is 9. The van der Waals surface area contributed by atoms with Gasteiger partial charge in [-0.15, -0.1) is 0 Å². The minimum Gasteiger partial charge on any atom is -0.466 e. The number of hydrogen-bond acceptors (Lipinski definition) is 12. The molecule has 15 atom stereocenters. The van der Waals surface area contributed by atoms with E-state index in [2.05, 4.69) is 87.0 Å². The quantitative estimate of drug-likeness (QED) is 0.0690. The van der Waals surface area contributed by atoms with Gasteiger partial charge in [0.25, 0.3) is 0 Å². The fraction of sp³-hybridized carbons (Fsp3) is 0.866. The van der Waals surface area contributed by atoms with E-state index in [0.29, 0.717) is 120 Å². The first-order valence-corrected chi connectivity index (χ1v) is 29.1. The van der Waals surface area contributed by atoms with Crippen molar-refractivity contribution in [2.24, 2.45) is 121 Å². The highest BCUT2D eigenvalue weighted by Gasteiger charge is 2.60. The highest BCUT2D eigenvalue weighted by Crippen LogP contribution is 2.64. The van der Waals surface area contributed by atoms with E-state index in [-0.39, 0.29) is 91.2 Å². The van der Waals surface area contributed by atoms with Gasteiger partial charge in [-0.2, -0.15) is 0 Å². The van der Waals surface area contributed by atoms with E-state index in [1.54, 1.807) is 14.0 Å². The largest absolute Gasteiger partial charge is 0.466 e. The highest BCUT2D eigenvalue weighted by molar-refractivity contribution is 5.94. The van der Waals surface area contributed by atoms with Crippen molar-refractivity contribution in [1.82, 2.24) is 0 Å². The maximum atomic E-state index is 12.1. The molecule has 0 saturated heterocycles. The van der Waals surface area contributed by atoms with Crippen LogP contribution in [-0.2, 0) is 38.2 Å². The summed E-state index contributed by atoms with van der Waals surface area (Å²) in [4.78, 5) is 51.6. The van der Waals surface area contributed by atoms with Gasteiger partial charge in [0, 0.05) is 36.3 Å². The number of aliphatic hydroxyl groups is 2. The molecule has 15 aliphatic rings. The van der Waals surface area contributed by atoms with E-state index in [4.69, 9.17) is 35.0 Å². The first kappa shape index (κ1) is 73.9. The van der Waals surface area contributed by atoms with Gasteiger partial charge in [0.15, 0.2) is 0 Å². The number of nitrogens with two attached hydrogens (primary N) is 1. The minimum atomic E-state index is -0.222. The molecule has 15 aliphatic carbocycles. The summed E-state index contributed by atoms with van der Waals surface area (Å²) in [7, 11) is 1.58. The number of rotatable bonds is 13. The van der Waals surface area contributed by atoms with Gasteiger partial charge >= 0.3 is 17.9 Å². The third-order valence-electron chi connectivity index (χ3n) is 22.4. The molecule has 0 unspecified atom stereocenters. The molecule has 0 aromatic rings. The number of ether oxygens (including phenoxy) is 3. The number of allylic oxidation sites excluding steroid dienone is 2. The molecule has 0 amide bonds. The SMILES string of the molecule is C.C.C.C.C.C=C1[C@@H](CC(=O)OCC)C[C@H]2C[C@@H]1C2(C)C.CC1(C)[C@H]2CC=C(CO)[C@@H]1C2.CC1(C)[C@H]2C[C@H](CCO)[C@@H](N)[C@@H]1C2.CCOC(=O)C[C@H]1C[C@H]2C[C@@H](/C1=N/OC)C2(C)C.CCOC(=O)C[C@H]1C[C@H]2C[C@@H](C1=O)C2(C)C. The Labute approximate surface area is 483 Å². The molecule has 4 N–H and O–H groups in total. The summed E-state index contributed by atoms with van der Waals surface area (Å²) in [6, 6.07) is 0.340. The van der Waals surface area contributed by atoms with E-state index in [1.165, 1.54) is 49.7 Å². The molecule has 0 aromatic carbocycles. The number of ketones is 1. The molecule has 0 spiro atoms. The average molecular weight is 1120 g/mol. The number of nitrogens with zero attached hydrogens (tertiary/aromatic N) is 1. The monoisotopic (exact) mass is 1110 g/mol. The average Bonchev–Trinajstić information content (AvgIpc) is 3.34. The zero-order valence-electron chi connectivity index (χ0n) is 48.6. The van der Waals surface area contributed by atoms with Gasteiger partial charge < -0.3 is 35.0 Å². The molecule has 79 heavy (non-hydrogen) atoms. The minimum absolute atomic E-state index is 0. The number of hydrogen-bond donors (Lipinski definition) is 3. The predicted molar refractivity (Wildman–Crippen MR) is 325 cm³/mol. The van der Waals surface area contributed by atoms with Crippen LogP contribution in [0, 0.1) is 110 Å². The number of Topliss-reactive ketones (excluding diaryl/α,β-unsaturated/α-hetero) is 1. The number of esters is 3. The molecule has 460 valence electrons. The van der Waals surface area contributed by atoms with Gasteiger partial charge in [0.2, 0.25) is 0 Å². The number of aliphatic hydroxyl groups excluding tert-OH is 2. The van der Waals surface area contributed by atoms with Crippen molar-refractivity contribution in [2.75, 3.05) is 40.1 Å². The van der Waals surface area contributed by atoms with Crippen LogP contribution in [0.25, 0.3) is 0 Å². The highest BCUT2D eigenvalue weighted by atomic mass is 16.6. The molecule has 10 bridgehead atoms. The topological polar surface area (TPSA) is 184 Å². The van der Waals surface area contributed by atoms with Crippen LogP contribution in [0.15, 0.2) is 29.0 Å². The first-order chi connectivity index (χ1) is 34.7. The third-order valence-corrected chi connectivity index (χ3v) is 22.4. The predicted octanol–water partition coefficient (Wildman–Crippen LogP) is 14.5. The molecule has 12 nitrogen and oxygen atoms in total. The number of carbonyl (C=O) groups is 4. The van der Waals surface area contributed by atoms with Crippen LogP contribution in [0.4, 0.5) is 0 Å². The number of oxime groups is 1. The smallest absolute Gasteiger partial charge is 0.306 e. The summed E-state index contributed by atoms with van der Waals surface area (Å²) in [5, 5.41) is 22.2. The molecule has 12 heteroatoms. The van der Waals surface area contributed by atoms with Crippen LogP contribution in [0.1, 0.15) is 217 Å². The maximum Gasteiger partial charge on any atom is 0.306 e. The Hall–Kier alpha value is -3.09. The Morgan fingerprint density at radius 2 is 1.00 bits per heavy atom. The lowest BCUT2D eigenvalue weighted by Crippen LogP contribution is -2.61. The molecular formula is C67H122N2O10. The van der Waals surface area contributed by atoms with E-state index in [9.17, 15) is 19.2 Å². The molecule has 0 heterocycles. The Morgan fingerprint density at radius 1 is 0.582 bits per heavy atom. The Kier molecular flexibility index (Phi) is 27.5. The van der Waals surface area contributed by atoms with Gasteiger partial charge in [-0.1, -0.05) is 130 Å². The standard InChI is InChI=1S/C14H23NO3.C14H22O2.C13H20O3.C11H21NO.C10H16O.5CH4/c1-5-18-12(16)7-9-6-10-8-11(14(10,2)3)13(9)15-17-4;1-5-16-13(15)7-10-6-11-8-12(9(10)2)14(11,3)4;1-4-16-11(14)6-8-5-9-7-10(12(8)15)13(9,2)3;1-11(2)8-5-7(3-4-13)10(12)9(11)6-8;1-10(2)8-4-3-7(6-11)9(10)5-8;;;;;/h9-11H,5-8H2,1-4H3;10-12H,2,5-8H2,1,3-4H3;8-10H,4-7H2,1-3H3;7-10,13H,3-6,12H2,1-2H3;3,8-9,11H,4-6H2,1-2H3;5*1H4/b15-13+;;;;;;;;;/t9-,10+,11+;10-,11+,12+;8-,9+,10+;7-,8-,9-,10+;8-,9-;;;;;/m11100...../s1. The van der Waals surface area contributed by atoms with Crippen molar-refractivity contribution >= 4 is 29.4 Å². The van der Waals surface area contributed by atoms with Crippen LogP contribution >= 0.6 is 0 Å². The van der Waals surface area contributed by atoms with Gasteiger partial charge in [0.05, 0.1) is 51.4 Å². The summed E-state index contributed by atoms with van der Waals surface area (Å²) in [6.45, 7) is 34.5. The van der Waals surface area contributed by atoms with E-state index in [0.717, 1.165) is 55.6 Å². The van der Waals surface area contributed by atoms with Crippen molar-refractivity contribution in [3.8, 4) is 0 Å². The summed E-state index contributed by atoms with van der Waals surface area (Å²) in [5.74, 6) is 7.53. The van der Waals surface area contributed by atoms with Gasteiger partial charge in [0.1, 0.15) is 12.9 Å². The second kappa shape index (κ2) is 29.4. The second-order valence-corrected chi connectivity index (χ2v) is 27.3. The van der Waals surface area contributed by atoms with Gasteiger partial charge in [-0.25, -0.2) is 0 Å². The van der Waals surface area contributed by atoms with Crippen LogP contribution in [0.2, 0.25) is 0 Å². The van der Waals surface area contributed by atoms with Crippen molar-refractivity contribution < 1.29 is 48.4 Å². The van der Waals surface area contributed by atoms with E-state index in [1.807, 2.05) is 13.8 Å². The molecule has 13 saturated carbocycles. The summed E-state index contributed by atoms with van der Waals surface area (Å²) >= 11 is 0. The normalized spacial score (nSPS) is 35.5. The van der Waals surface area contributed by atoms with E-state index >= 15 is 0 Å². The Bertz CT molecular complexity index is 2010. The van der Waals surface area contributed by atoms with Crippen molar-refractivity contribution in [1.29, 1.82) is 0 Å². The fourth-order valence-electron chi connectivity index (χ4n) is 16.3. The summed E-state index contributed by atoms with van der Waals surface area (Å²) in [5.41, 5.74) is 11.7. The van der Waals surface area contributed by atoms with Crippen LogP contribution in [0.3, 0.4) is 0 Å². The lowest BCUT2D eigenvalue weighted by atomic mass is 9.45. The van der Waals surface area contributed by atoms with Gasteiger partial charge in [-0.3, -0.25) is 19.2 Å². The second-order valence-electron chi connectivity index (χ2n) is 27.3. The van der Waals surface area contributed by atoms with E-state index < -0.39 is 0 Å². The maximum absolute atomic E-state index is 12.1. The fourth-order valence-corrected chi connectivity index (χ4v) is 16.3. The zero-order chi connectivity index (χ0) is 54.9. The van der Waals surface area contributed by atoms with Crippen LogP contribution < -0.4 is 5.73 Å². The van der Waals surface area contributed by atoms with Crippen LogP contribution in [0.5, 0.6) is 0 Å². The Balaban J connectivity index is 0.000000490. The summed E-state index contributed by atoms with van der Waals surface area (Å²) < 4.78 is 15.0. The lowest BCUT2D eigenvalue weighted by molar-refractivity contribution is -0.162. The van der Waals surface area contributed by atoms with Crippen molar-refractivity contribution in [2.45, 2.75) is 223 Å².